The summed E-state index contributed by atoms with van der Waals surface area (Å²) in [5, 5.41) is 6.02. The molecule has 6 nitrogen and oxygen atoms in total. The number of amides is 1. The van der Waals surface area contributed by atoms with Gasteiger partial charge in [-0.3, -0.25) is 4.79 Å². The van der Waals surface area contributed by atoms with Crippen LogP contribution in [0, 0.1) is 6.92 Å². The minimum atomic E-state index is -0.309. The standard InChI is InChI=1S/C21H22N4O2/c1-15-14-18(20(26)24-17-10-6-7-11-19(17)27-2)25-21(23-15)22-13-12-16-8-4-3-5-9-16/h3-11,14H,12-13H2,1-2H3,(H,24,26)(H,22,23,25). The zero-order valence-corrected chi connectivity index (χ0v) is 15.4. The number of aromatic nitrogens is 2. The van der Waals surface area contributed by atoms with Crippen molar-refractivity contribution in [1.82, 2.24) is 9.97 Å². The van der Waals surface area contributed by atoms with Gasteiger partial charge in [-0.25, -0.2) is 9.97 Å². The van der Waals surface area contributed by atoms with Crippen LogP contribution in [-0.4, -0.2) is 29.5 Å². The number of para-hydroxylation sites is 2. The summed E-state index contributed by atoms with van der Waals surface area (Å²) < 4.78 is 5.26. The number of ether oxygens (including phenoxy) is 1. The first-order valence-electron chi connectivity index (χ1n) is 8.73. The van der Waals surface area contributed by atoms with Crippen LogP contribution in [0.5, 0.6) is 5.75 Å². The van der Waals surface area contributed by atoms with Gasteiger partial charge < -0.3 is 15.4 Å². The van der Waals surface area contributed by atoms with Crippen molar-refractivity contribution in [3.05, 3.63) is 77.6 Å². The fourth-order valence-corrected chi connectivity index (χ4v) is 2.66. The highest BCUT2D eigenvalue weighted by atomic mass is 16.5. The van der Waals surface area contributed by atoms with E-state index in [1.165, 1.54) is 5.56 Å². The molecular formula is C21H22N4O2. The Morgan fingerprint density at radius 2 is 1.78 bits per heavy atom. The Balaban J connectivity index is 1.68. The third-order valence-corrected chi connectivity index (χ3v) is 3.98. The van der Waals surface area contributed by atoms with Crippen LogP contribution in [0.2, 0.25) is 0 Å². The molecule has 0 aliphatic carbocycles. The molecule has 0 fully saturated rings. The van der Waals surface area contributed by atoms with Crippen LogP contribution in [0.15, 0.2) is 60.7 Å². The predicted octanol–water partition coefficient (Wildman–Crippen LogP) is 3.70. The summed E-state index contributed by atoms with van der Waals surface area (Å²) in [6, 6.07) is 19.1. The average Bonchev–Trinajstić information content (AvgIpc) is 2.69. The SMILES string of the molecule is COc1ccccc1NC(=O)c1cc(C)nc(NCCc2ccccc2)n1. The molecule has 6 heteroatoms. The lowest BCUT2D eigenvalue weighted by Gasteiger charge is -2.11. The van der Waals surface area contributed by atoms with Crippen molar-refractivity contribution in [1.29, 1.82) is 0 Å². The molecule has 27 heavy (non-hydrogen) atoms. The number of carbonyl (C=O) groups is 1. The Morgan fingerprint density at radius 1 is 1.04 bits per heavy atom. The Kier molecular flexibility index (Phi) is 5.99. The van der Waals surface area contributed by atoms with Crippen molar-refractivity contribution in [2.24, 2.45) is 0 Å². The Bertz CT molecular complexity index is 913. The van der Waals surface area contributed by atoms with Crippen LogP contribution < -0.4 is 15.4 Å². The maximum atomic E-state index is 12.6. The van der Waals surface area contributed by atoms with Crippen LogP contribution in [0.25, 0.3) is 0 Å². The van der Waals surface area contributed by atoms with Crippen LogP contribution >= 0.6 is 0 Å². The van der Waals surface area contributed by atoms with E-state index in [4.69, 9.17) is 4.74 Å². The van der Waals surface area contributed by atoms with Crippen LogP contribution in [0.1, 0.15) is 21.7 Å². The normalized spacial score (nSPS) is 10.3. The minimum Gasteiger partial charge on any atom is -0.495 e. The highest BCUT2D eigenvalue weighted by molar-refractivity contribution is 6.03. The Morgan fingerprint density at radius 3 is 2.56 bits per heavy atom. The molecule has 0 aliphatic heterocycles. The third-order valence-electron chi connectivity index (χ3n) is 3.98. The molecule has 138 valence electrons. The molecule has 0 spiro atoms. The van der Waals surface area contributed by atoms with Crippen molar-refractivity contribution in [3.63, 3.8) is 0 Å². The first kappa shape index (κ1) is 18.4. The van der Waals surface area contributed by atoms with Crippen molar-refractivity contribution < 1.29 is 9.53 Å². The smallest absolute Gasteiger partial charge is 0.274 e. The van der Waals surface area contributed by atoms with Crippen molar-refractivity contribution in [3.8, 4) is 5.75 Å². The number of nitrogens with zero attached hydrogens (tertiary/aromatic N) is 2. The van der Waals surface area contributed by atoms with E-state index in [-0.39, 0.29) is 5.91 Å². The first-order valence-corrected chi connectivity index (χ1v) is 8.73. The van der Waals surface area contributed by atoms with Gasteiger partial charge in [-0.05, 0) is 37.1 Å². The Hall–Kier alpha value is -3.41. The van der Waals surface area contributed by atoms with Gasteiger partial charge in [-0.2, -0.15) is 0 Å². The van der Waals surface area contributed by atoms with Gasteiger partial charge in [0, 0.05) is 12.2 Å². The zero-order chi connectivity index (χ0) is 19.1. The summed E-state index contributed by atoms with van der Waals surface area (Å²) in [5.74, 6) is 0.727. The summed E-state index contributed by atoms with van der Waals surface area (Å²) in [4.78, 5) is 21.3. The van der Waals surface area contributed by atoms with Crippen molar-refractivity contribution in [2.45, 2.75) is 13.3 Å². The lowest BCUT2D eigenvalue weighted by molar-refractivity contribution is 0.102. The molecule has 0 radical (unpaired) electrons. The van der Waals surface area contributed by atoms with Gasteiger partial charge >= 0.3 is 0 Å². The lowest BCUT2D eigenvalue weighted by Crippen LogP contribution is -2.17. The molecule has 0 bridgehead atoms. The maximum absolute atomic E-state index is 12.6. The van der Waals surface area contributed by atoms with E-state index < -0.39 is 0 Å². The van der Waals surface area contributed by atoms with E-state index in [9.17, 15) is 4.79 Å². The van der Waals surface area contributed by atoms with Crippen LogP contribution in [-0.2, 0) is 6.42 Å². The quantitative estimate of drug-likeness (QED) is 0.670. The van der Waals surface area contributed by atoms with Gasteiger partial charge in [0.1, 0.15) is 11.4 Å². The molecule has 0 saturated heterocycles. The van der Waals surface area contributed by atoms with Crippen LogP contribution in [0.4, 0.5) is 11.6 Å². The second kappa shape index (κ2) is 8.80. The largest absolute Gasteiger partial charge is 0.495 e. The third kappa shape index (κ3) is 5.04. The van der Waals surface area contributed by atoms with E-state index in [1.807, 2.05) is 37.3 Å². The average molecular weight is 362 g/mol. The molecule has 0 atom stereocenters. The number of anilines is 2. The molecule has 1 heterocycles. The first-order chi connectivity index (χ1) is 13.2. The van der Waals surface area contributed by atoms with Gasteiger partial charge in [-0.1, -0.05) is 42.5 Å². The summed E-state index contributed by atoms with van der Waals surface area (Å²) in [6.07, 6.45) is 0.848. The van der Waals surface area contributed by atoms with E-state index in [0.29, 0.717) is 29.6 Å². The van der Waals surface area contributed by atoms with E-state index in [0.717, 1.165) is 12.1 Å². The van der Waals surface area contributed by atoms with Crippen molar-refractivity contribution >= 4 is 17.5 Å². The summed E-state index contributed by atoms with van der Waals surface area (Å²) >= 11 is 0. The Labute approximate surface area is 158 Å². The van der Waals surface area contributed by atoms with Gasteiger partial charge in [-0.15, -0.1) is 0 Å². The highest BCUT2D eigenvalue weighted by Crippen LogP contribution is 2.23. The number of rotatable bonds is 7. The summed E-state index contributed by atoms with van der Waals surface area (Å²) in [7, 11) is 1.56. The fraction of sp³-hybridized carbons (Fsp3) is 0.190. The summed E-state index contributed by atoms with van der Waals surface area (Å²) in [6.45, 7) is 2.52. The molecule has 1 amide bonds. The minimum absolute atomic E-state index is 0.301. The number of benzene rings is 2. The highest BCUT2D eigenvalue weighted by Gasteiger charge is 2.13. The molecule has 0 aliphatic rings. The number of carbonyl (C=O) groups excluding carboxylic acids is 1. The molecule has 3 rings (SSSR count). The van der Waals surface area contributed by atoms with E-state index >= 15 is 0 Å². The monoisotopic (exact) mass is 362 g/mol. The number of methoxy groups -OCH3 is 1. The second-order valence-electron chi connectivity index (χ2n) is 6.03. The lowest BCUT2D eigenvalue weighted by atomic mass is 10.1. The second-order valence-corrected chi connectivity index (χ2v) is 6.03. The van der Waals surface area contributed by atoms with Gasteiger partial charge in [0.05, 0.1) is 12.8 Å². The van der Waals surface area contributed by atoms with Crippen LogP contribution in [0.3, 0.4) is 0 Å². The predicted molar refractivity (Wildman–Crippen MR) is 106 cm³/mol. The topological polar surface area (TPSA) is 76.1 Å². The number of hydrogen-bond acceptors (Lipinski definition) is 5. The summed E-state index contributed by atoms with van der Waals surface area (Å²) in [5.41, 5.74) is 2.85. The number of nitrogens with one attached hydrogen (secondary N) is 2. The van der Waals surface area contributed by atoms with Gasteiger partial charge in [0.15, 0.2) is 0 Å². The fourth-order valence-electron chi connectivity index (χ4n) is 2.66. The zero-order valence-electron chi connectivity index (χ0n) is 15.4. The molecular weight excluding hydrogens is 340 g/mol. The molecule has 1 aromatic heterocycles. The van der Waals surface area contributed by atoms with Crippen molar-refractivity contribution in [2.75, 3.05) is 24.3 Å². The number of aryl methyl sites for hydroxylation is 1. The van der Waals surface area contributed by atoms with E-state index in [1.54, 1.807) is 25.3 Å². The molecule has 2 N–H and O–H groups in total. The molecule has 0 saturated carbocycles. The molecule has 0 unspecified atom stereocenters. The van der Waals surface area contributed by atoms with Gasteiger partial charge in [0.2, 0.25) is 5.95 Å². The molecule has 2 aromatic carbocycles. The van der Waals surface area contributed by atoms with E-state index in [2.05, 4.69) is 32.7 Å². The molecule has 3 aromatic rings. The van der Waals surface area contributed by atoms with Gasteiger partial charge in [0.25, 0.3) is 5.91 Å². The number of hydrogen-bond donors (Lipinski definition) is 2. The maximum Gasteiger partial charge on any atom is 0.274 e.